The van der Waals surface area contributed by atoms with E-state index >= 15 is 0 Å². The summed E-state index contributed by atoms with van der Waals surface area (Å²) in [5, 5.41) is 11.4. The third-order valence-corrected chi connectivity index (χ3v) is 5.53. The van der Waals surface area contributed by atoms with Gasteiger partial charge in [0.25, 0.3) is 5.91 Å². The van der Waals surface area contributed by atoms with Gasteiger partial charge in [-0.3, -0.25) is 4.79 Å². The molecule has 4 aromatic rings. The number of hydrogen-bond donors (Lipinski definition) is 2. The fourth-order valence-electron chi connectivity index (χ4n) is 2.94. The first-order valence-corrected chi connectivity index (χ1v) is 10.3. The maximum Gasteiger partial charge on any atom is 0.251 e. The molecule has 3 aromatic heterocycles. The number of nitrogens with zero attached hydrogens (tertiary/aromatic N) is 3. The van der Waals surface area contributed by atoms with Gasteiger partial charge in [0.15, 0.2) is 0 Å². The Kier molecular flexibility index (Phi) is 5.73. The van der Waals surface area contributed by atoms with Crippen LogP contribution in [0.15, 0.2) is 42.7 Å². The molecule has 0 bridgehead atoms. The second-order valence-electron chi connectivity index (χ2n) is 6.22. The number of amides is 1. The van der Waals surface area contributed by atoms with E-state index in [1.165, 1.54) is 17.7 Å². The number of ether oxygens (including phenoxy) is 1. The average molecular weight is 428 g/mol. The summed E-state index contributed by atoms with van der Waals surface area (Å²) in [5.74, 6) is 1.29. The SMILES string of the molecule is CCOc1cc(-c2ccc(Cl)s2)nc2cc(C(=O)NCCc3nnc[nH]3)ccc12. The van der Waals surface area contributed by atoms with E-state index in [0.29, 0.717) is 35.0 Å². The number of hydrogen-bond acceptors (Lipinski definition) is 6. The molecule has 0 spiro atoms. The number of carbonyl (C=O) groups is 1. The van der Waals surface area contributed by atoms with Crippen LogP contribution in [0.1, 0.15) is 23.1 Å². The molecule has 29 heavy (non-hydrogen) atoms. The van der Waals surface area contributed by atoms with Crippen molar-refractivity contribution < 1.29 is 9.53 Å². The standard InChI is InChI=1S/C20H18ClN5O2S/c1-2-28-16-10-15(17-5-6-18(21)29-17)25-14-9-12(3-4-13(14)16)20(27)22-8-7-19-23-11-24-26-19/h3-6,9-11H,2,7-8H2,1H3,(H,22,27)(H,23,24,26). The first kappa shape index (κ1) is 19.4. The van der Waals surface area contributed by atoms with E-state index in [9.17, 15) is 4.79 Å². The van der Waals surface area contributed by atoms with Crippen LogP contribution in [0.25, 0.3) is 21.5 Å². The summed E-state index contributed by atoms with van der Waals surface area (Å²) in [7, 11) is 0. The minimum Gasteiger partial charge on any atom is -0.493 e. The number of pyridine rings is 1. The molecule has 0 aliphatic carbocycles. The van der Waals surface area contributed by atoms with Crippen molar-refractivity contribution in [3.63, 3.8) is 0 Å². The summed E-state index contributed by atoms with van der Waals surface area (Å²) in [6.07, 6.45) is 2.09. The molecule has 0 atom stereocenters. The van der Waals surface area contributed by atoms with E-state index in [1.807, 2.05) is 31.2 Å². The highest BCUT2D eigenvalue weighted by Crippen LogP contribution is 2.35. The van der Waals surface area contributed by atoms with Gasteiger partial charge in [-0.1, -0.05) is 11.6 Å². The number of carbonyl (C=O) groups excluding carboxylic acids is 1. The zero-order valence-electron chi connectivity index (χ0n) is 15.6. The van der Waals surface area contributed by atoms with Gasteiger partial charge in [0, 0.05) is 30.0 Å². The third-order valence-electron chi connectivity index (χ3n) is 4.27. The van der Waals surface area contributed by atoms with Gasteiger partial charge in [-0.05, 0) is 37.3 Å². The van der Waals surface area contributed by atoms with Gasteiger partial charge in [-0.25, -0.2) is 4.98 Å². The summed E-state index contributed by atoms with van der Waals surface area (Å²) in [6.45, 7) is 2.93. The lowest BCUT2D eigenvalue weighted by Crippen LogP contribution is -2.25. The second kappa shape index (κ2) is 8.59. The van der Waals surface area contributed by atoms with Crippen LogP contribution >= 0.6 is 22.9 Å². The molecule has 1 amide bonds. The maximum atomic E-state index is 12.6. The summed E-state index contributed by atoms with van der Waals surface area (Å²) in [6, 6.07) is 11.1. The normalized spacial score (nSPS) is 11.0. The maximum absolute atomic E-state index is 12.6. The molecule has 148 valence electrons. The van der Waals surface area contributed by atoms with Crippen LogP contribution in [0.5, 0.6) is 5.75 Å². The zero-order chi connectivity index (χ0) is 20.2. The highest BCUT2D eigenvalue weighted by Gasteiger charge is 2.13. The second-order valence-corrected chi connectivity index (χ2v) is 7.93. The van der Waals surface area contributed by atoms with Gasteiger partial charge in [-0.15, -0.1) is 21.5 Å². The zero-order valence-corrected chi connectivity index (χ0v) is 17.2. The van der Waals surface area contributed by atoms with Gasteiger partial charge >= 0.3 is 0 Å². The number of benzene rings is 1. The van der Waals surface area contributed by atoms with Crippen LogP contribution in [0, 0.1) is 0 Å². The lowest BCUT2D eigenvalue weighted by atomic mass is 10.1. The van der Waals surface area contributed by atoms with Crippen LogP contribution in [0.4, 0.5) is 0 Å². The first-order chi connectivity index (χ1) is 14.1. The number of aromatic nitrogens is 4. The van der Waals surface area contributed by atoms with Crippen molar-refractivity contribution >= 4 is 39.7 Å². The highest BCUT2D eigenvalue weighted by atomic mass is 35.5. The van der Waals surface area contributed by atoms with Crippen molar-refractivity contribution in [1.82, 2.24) is 25.5 Å². The van der Waals surface area contributed by atoms with E-state index in [1.54, 1.807) is 12.1 Å². The van der Waals surface area contributed by atoms with E-state index in [4.69, 9.17) is 21.3 Å². The molecular formula is C20H18ClN5O2S. The Morgan fingerprint density at radius 3 is 2.90 bits per heavy atom. The minimum atomic E-state index is -0.171. The Balaban J connectivity index is 1.61. The number of rotatable bonds is 7. The smallest absolute Gasteiger partial charge is 0.251 e. The summed E-state index contributed by atoms with van der Waals surface area (Å²) >= 11 is 7.53. The van der Waals surface area contributed by atoms with E-state index in [0.717, 1.165) is 27.5 Å². The molecule has 9 heteroatoms. The average Bonchev–Trinajstić information content (AvgIpc) is 3.39. The lowest BCUT2D eigenvalue weighted by Gasteiger charge is -2.11. The van der Waals surface area contributed by atoms with Crippen LogP contribution in [-0.4, -0.2) is 39.2 Å². The monoisotopic (exact) mass is 427 g/mol. The van der Waals surface area contributed by atoms with Gasteiger partial charge in [0.1, 0.15) is 17.9 Å². The van der Waals surface area contributed by atoms with Gasteiger partial charge in [0.05, 0.1) is 27.0 Å². The van der Waals surface area contributed by atoms with E-state index in [-0.39, 0.29) is 5.91 Å². The molecule has 1 aromatic carbocycles. The van der Waals surface area contributed by atoms with Gasteiger partial charge in [0.2, 0.25) is 0 Å². The molecule has 7 nitrogen and oxygen atoms in total. The summed E-state index contributed by atoms with van der Waals surface area (Å²) in [5.41, 5.74) is 1.99. The Morgan fingerprint density at radius 2 is 2.17 bits per heavy atom. The van der Waals surface area contributed by atoms with Crippen molar-refractivity contribution in [2.24, 2.45) is 0 Å². The Labute approximate surface area is 176 Å². The molecular weight excluding hydrogens is 410 g/mol. The molecule has 0 aliphatic rings. The van der Waals surface area contributed by atoms with Crippen LogP contribution in [-0.2, 0) is 6.42 Å². The van der Waals surface area contributed by atoms with Gasteiger partial charge < -0.3 is 15.0 Å². The Bertz CT molecular complexity index is 1140. The van der Waals surface area contributed by atoms with Crippen molar-refractivity contribution in [3.8, 4) is 16.3 Å². The molecule has 4 rings (SSSR count). The number of thiophene rings is 1. The molecule has 3 heterocycles. The van der Waals surface area contributed by atoms with Crippen molar-refractivity contribution in [1.29, 1.82) is 0 Å². The Hall–Kier alpha value is -2.97. The minimum absolute atomic E-state index is 0.171. The van der Waals surface area contributed by atoms with Crippen molar-refractivity contribution in [2.75, 3.05) is 13.2 Å². The number of nitrogens with one attached hydrogen (secondary N) is 2. The molecule has 0 saturated carbocycles. The first-order valence-electron chi connectivity index (χ1n) is 9.10. The van der Waals surface area contributed by atoms with Crippen LogP contribution in [0.3, 0.4) is 0 Å². The molecule has 0 unspecified atom stereocenters. The van der Waals surface area contributed by atoms with E-state index < -0.39 is 0 Å². The molecule has 0 aliphatic heterocycles. The predicted octanol–water partition coefficient (Wildman–Crippen LogP) is 4.11. The summed E-state index contributed by atoms with van der Waals surface area (Å²) in [4.78, 5) is 21.1. The molecule has 0 radical (unpaired) electrons. The number of fused-ring (bicyclic) bond motifs is 1. The predicted molar refractivity (Wildman–Crippen MR) is 114 cm³/mol. The molecule has 0 fully saturated rings. The van der Waals surface area contributed by atoms with E-state index in [2.05, 4.69) is 20.5 Å². The number of H-pyrrole nitrogens is 1. The molecule has 0 saturated heterocycles. The van der Waals surface area contributed by atoms with Gasteiger partial charge in [-0.2, -0.15) is 0 Å². The Morgan fingerprint density at radius 1 is 1.28 bits per heavy atom. The highest BCUT2D eigenvalue weighted by molar-refractivity contribution is 7.19. The third kappa shape index (κ3) is 4.38. The van der Waals surface area contributed by atoms with Crippen molar-refractivity contribution in [3.05, 3.63) is 58.4 Å². The van der Waals surface area contributed by atoms with Crippen molar-refractivity contribution in [2.45, 2.75) is 13.3 Å². The number of aromatic amines is 1. The quantitative estimate of drug-likeness (QED) is 0.463. The fraction of sp³-hybridized carbons (Fsp3) is 0.200. The van der Waals surface area contributed by atoms with Crippen LogP contribution in [0.2, 0.25) is 4.34 Å². The molecule has 2 N–H and O–H groups in total. The topological polar surface area (TPSA) is 92.8 Å². The van der Waals surface area contributed by atoms with Crippen LogP contribution < -0.4 is 10.1 Å². The summed E-state index contributed by atoms with van der Waals surface area (Å²) < 4.78 is 6.50. The number of halogens is 1. The lowest BCUT2D eigenvalue weighted by molar-refractivity contribution is 0.0954. The largest absolute Gasteiger partial charge is 0.493 e. The fourth-order valence-corrected chi connectivity index (χ4v) is 3.94.